The van der Waals surface area contributed by atoms with Crippen LogP contribution < -0.4 is 5.32 Å². The number of carbonyl (C=O) groups excluding carboxylic acids is 1. The number of amides is 1. The number of nitrogens with one attached hydrogen (secondary N) is 1. The van der Waals surface area contributed by atoms with Gasteiger partial charge in [-0.25, -0.2) is 0 Å². The van der Waals surface area contributed by atoms with Crippen LogP contribution in [0.5, 0.6) is 0 Å². The van der Waals surface area contributed by atoms with E-state index in [9.17, 15) is 4.79 Å². The molecule has 0 unspecified atom stereocenters. The van der Waals surface area contributed by atoms with Crippen molar-refractivity contribution in [2.45, 2.75) is 19.3 Å². The molecule has 1 aliphatic rings. The minimum atomic E-state index is 0.0236. The fourth-order valence-electron chi connectivity index (χ4n) is 2.69. The number of benzene rings is 1. The fraction of sp³-hybridized carbons (Fsp3) is 0.286. The van der Waals surface area contributed by atoms with Crippen molar-refractivity contribution in [2.24, 2.45) is 7.05 Å². The first-order valence-electron chi connectivity index (χ1n) is 6.15. The molecule has 19 heavy (non-hydrogen) atoms. The zero-order valence-electron chi connectivity index (χ0n) is 10.8. The summed E-state index contributed by atoms with van der Waals surface area (Å²) in [7, 11) is 1.84. The second kappa shape index (κ2) is 4.38. The van der Waals surface area contributed by atoms with Gasteiger partial charge in [-0.15, -0.1) is 0 Å². The van der Waals surface area contributed by atoms with Crippen LogP contribution in [0, 0.1) is 6.92 Å². The quantitative estimate of drug-likeness (QED) is 0.870. The van der Waals surface area contributed by atoms with Gasteiger partial charge in [0.25, 0.3) is 0 Å². The smallest absolute Gasteiger partial charge is 0.226 e. The summed E-state index contributed by atoms with van der Waals surface area (Å²) in [6.45, 7) is 1.97. The summed E-state index contributed by atoms with van der Waals surface area (Å²) in [4.78, 5) is 11.9. The van der Waals surface area contributed by atoms with E-state index < -0.39 is 0 Å². The van der Waals surface area contributed by atoms with Gasteiger partial charge in [-0.3, -0.25) is 9.48 Å². The molecule has 1 aromatic heterocycles. The molecular weight excluding hydrogens is 262 g/mol. The molecule has 0 radical (unpaired) electrons. The average molecular weight is 276 g/mol. The third kappa shape index (κ3) is 2.02. The minimum absolute atomic E-state index is 0.0236. The zero-order chi connectivity index (χ0) is 13.6. The maximum absolute atomic E-state index is 11.9. The number of rotatable bonds is 1. The van der Waals surface area contributed by atoms with Crippen molar-refractivity contribution in [2.75, 3.05) is 5.32 Å². The third-order valence-electron chi connectivity index (χ3n) is 3.54. The Morgan fingerprint density at radius 1 is 1.37 bits per heavy atom. The summed E-state index contributed by atoms with van der Waals surface area (Å²) in [5.41, 5.74) is 3.15. The Morgan fingerprint density at radius 3 is 2.74 bits per heavy atom. The lowest BCUT2D eigenvalue weighted by atomic mass is 9.86. The van der Waals surface area contributed by atoms with Crippen LogP contribution in [0.4, 0.5) is 5.82 Å². The van der Waals surface area contributed by atoms with Crippen LogP contribution in [0.25, 0.3) is 0 Å². The lowest BCUT2D eigenvalue weighted by Gasteiger charge is -2.24. The molecule has 3 rings (SSSR count). The number of nitrogens with zero attached hydrogens (tertiary/aromatic N) is 2. The number of anilines is 1. The molecule has 1 atom stereocenters. The molecule has 0 spiro atoms. The van der Waals surface area contributed by atoms with Gasteiger partial charge in [-0.05, 0) is 24.6 Å². The molecule has 1 aromatic carbocycles. The van der Waals surface area contributed by atoms with E-state index in [0.717, 1.165) is 22.6 Å². The summed E-state index contributed by atoms with van der Waals surface area (Å²) in [6, 6.07) is 7.66. The molecule has 0 aliphatic carbocycles. The van der Waals surface area contributed by atoms with Crippen molar-refractivity contribution in [3.8, 4) is 0 Å². The summed E-state index contributed by atoms with van der Waals surface area (Å²) in [6.07, 6.45) is 0.446. The van der Waals surface area contributed by atoms with Crippen LogP contribution in [0.15, 0.2) is 24.3 Å². The average Bonchev–Trinajstić information content (AvgIpc) is 2.65. The lowest BCUT2D eigenvalue weighted by Crippen LogP contribution is -2.24. The monoisotopic (exact) mass is 275 g/mol. The molecule has 2 heterocycles. The van der Waals surface area contributed by atoms with E-state index in [4.69, 9.17) is 11.6 Å². The highest BCUT2D eigenvalue weighted by Gasteiger charge is 2.31. The van der Waals surface area contributed by atoms with Crippen LogP contribution in [-0.2, 0) is 11.8 Å². The number of fused-ring (bicyclic) bond motifs is 1. The van der Waals surface area contributed by atoms with Gasteiger partial charge in [0.15, 0.2) is 0 Å². The van der Waals surface area contributed by atoms with E-state index >= 15 is 0 Å². The van der Waals surface area contributed by atoms with Gasteiger partial charge >= 0.3 is 0 Å². The standard InChI is InChI=1S/C14H14ClN3O/c1-8-13-11(9-3-5-10(15)6-4-9)7-12(19)16-14(13)18(2)17-8/h3-6,11H,7H2,1-2H3,(H,16,19)/t11-/m1/s1. The fourth-order valence-corrected chi connectivity index (χ4v) is 2.82. The Kier molecular flexibility index (Phi) is 2.82. The maximum atomic E-state index is 11.9. The SMILES string of the molecule is Cc1nn(C)c2c1[C@@H](c1ccc(Cl)cc1)CC(=O)N2. The van der Waals surface area contributed by atoms with E-state index in [2.05, 4.69) is 10.4 Å². The first-order chi connectivity index (χ1) is 9.06. The van der Waals surface area contributed by atoms with E-state index in [1.165, 1.54) is 0 Å². The highest BCUT2D eigenvalue weighted by Crippen LogP contribution is 2.38. The Balaban J connectivity index is 2.13. The first kappa shape index (κ1) is 12.2. The normalized spacial score (nSPS) is 18.1. The van der Waals surface area contributed by atoms with Gasteiger partial charge in [0.1, 0.15) is 5.82 Å². The second-order valence-electron chi connectivity index (χ2n) is 4.83. The molecule has 0 fully saturated rings. The van der Waals surface area contributed by atoms with Gasteiger partial charge in [0, 0.05) is 30.0 Å². The van der Waals surface area contributed by atoms with Gasteiger partial charge in [-0.2, -0.15) is 5.10 Å². The number of aromatic nitrogens is 2. The Labute approximate surface area is 116 Å². The number of halogens is 1. The Morgan fingerprint density at radius 2 is 2.05 bits per heavy atom. The molecule has 1 N–H and O–H groups in total. The van der Waals surface area contributed by atoms with Crippen molar-refractivity contribution in [3.63, 3.8) is 0 Å². The molecule has 2 aromatic rings. The van der Waals surface area contributed by atoms with Crippen LogP contribution in [-0.4, -0.2) is 15.7 Å². The largest absolute Gasteiger partial charge is 0.311 e. The molecule has 5 heteroatoms. The van der Waals surface area contributed by atoms with Crippen molar-refractivity contribution >= 4 is 23.3 Å². The van der Waals surface area contributed by atoms with Crippen LogP contribution in [0.2, 0.25) is 5.02 Å². The molecule has 4 nitrogen and oxygen atoms in total. The maximum Gasteiger partial charge on any atom is 0.226 e. The van der Waals surface area contributed by atoms with Crippen molar-refractivity contribution < 1.29 is 4.79 Å². The highest BCUT2D eigenvalue weighted by atomic mass is 35.5. The second-order valence-corrected chi connectivity index (χ2v) is 5.26. The minimum Gasteiger partial charge on any atom is -0.311 e. The van der Waals surface area contributed by atoms with E-state index in [0.29, 0.717) is 11.4 Å². The molecule has 0 saturated carbocycles. The van der Waals surface area contributed by atoms with Crippen molar-refractivity contribution in [1.82, 2.24) is 9.78 Å². The Bertz CT molecular complexity index is 645. The van der Waals surface area contributed by atoms with E-state index in [-0.39, 0.29) is 11.8 Å². The van der Waals surface area contributed by atoms with Gasteiger partial charge in [0.05, 0.1) is 5.69 Å². The third-order valence-corrected chi connectivity index (χ3v) is 3.79. The number of aryl methyl sites for hydroxylation is 2. The van der Waals surface area contributed by atoms with E-state index in [1.54, 1.807) is 4.68 Å². The lowest BCUT2D eigenvalue weighted by molar-refractivity contribution is -0.116. The molecule has 0 saturated heterocycles. The molecule has 1 amide bonds. The molecular formula is C14H14ClN3O. The first-order valence-corrected chi connectivity index (χ1v) is 6.53. The summed E-state index contributed by atoms with van der Waals surface area (Å²) in [5.74, 6) is 0.874. The predicted molar refractivity (Wildman–Crippen MR) is 74.5 cm³/mol. The van der Waals surface area contributed by atoms with Gasteiger partial charge in [-0.1, -0.05) is 23.7 Å². The molecule has 0 bridgehead atoms. The summed E-state index contributed by atoms with van der Waals surface area (Å²) >= 11 is 5.92. The molecule has 1 aliphatic heterocycles. The number of carbonyl (C=O) groups is 1. The molecule has 98 valence electrons. The predicted octanol–water partition coefficient (Wildman–Crippen LogP) is 2.86. The van der Waals surface area contributed by atoms with Crippen molar-refractivity contribution in [1.29, 1.82) is 0 Å². The van der Waals surface area contributed by atoms with Crippen LogP contribution in [0.3, 0.4) is 0 Å². The van der Waals surface area contributed by atoms with Gasteiger partial charge < -0.3 is 5.32 Å². The van der Waals surface area contributed by atoms with Gasteiger partial charge in [0.2, 0.25) is 5.91 Å². The summed E-state index contributed by atoms with van der Waals surface area (Å²) < 4.78 is 1.73. The van der Waals surface area contributed by atoms with Crippen molar-refractivity contribution in [3.05, 3.63) is 46.1 Å². The number of hydrogen-bond donors (Lipinski definition) is 1. The topological polar surface area (TPSA) is 46.9 Å². The summed E-state index contributed by atoms with van der Waals surface area (Å²) in [5, 5.41) is 7.99. The number of hydrogen-bond acceptors (Lipinski definition) is 2. The van der Waals surface area contributed by atoms with Crippen LogP contribution in [0.1, 0.15) is 29.2 Å². The highest BCUT2D eigenvalue weighted by molar-refractivity contribution is 6.30. The zero-order valence-corrected chi connectivity index (χ0v) is 11.5. The van der Waals surface area contributed by atoms with Crippen LogP contribution >= 0.6 is 11.6 Å². The van der Waals surface area contributed by atoms with E-state index in [1.807, 2.05) is 38.2 Å². The Hall–Kier alpha value is -1.81.